The Labute approximate surface area is 91.9 Å². The number of hydrogen-bond donors (Lipinski definition) is 2. The molecule has 1 aromatic rings. The van der Waals surface area contributed by atoms with Crippen molar-refractivity contribution in [2.24, 2.45) is 5.73 Å². The molecule has 0 aromatic heterocycles. The lowest BCUT2D eigenvalue weighted by Crippen LogP contribution is -2.37. The number of carbonyl (C=O) groups excluding carboxylic acids is 2. The van der Waals surface area contributed by atoms with Crippen LogP contribution < -0.4 is 11.1 Å². The van der Waals surface area contributed by atoms with E-state index in [1.165, 1.54) is 18.2 Å². The molecule has 0 saturated heterocycles. The molecule has 0 radical (unpaired) electrons. The van der Waals surface area contributed by atoms with Crippen LogP contribution in [0.5, 0.6) is 0 Å². The van der Waals surface area contributed by atoms with Gasteiger partial charge in [0.15, 0.2) is 0 Å². The molecule has 16 heavy (non-hydrogen) atoms. The van der Waals surface area contributed by atoms with Gasteiger partial charge in [-0.05, 0) is 12.1 Å². The predicted octanol–water partition coefficient (Wildman–Crippen LogP) is 0.654. The standard InChI is InChI=1S/C11H11FN2O2/c1-2-9(15)14-10(11(13)16)7-5-3-4-6-8(7)12/h2-6,10H,1H2,(H2,13,16)(H,14,15). The minimum atomic E-state index is -1.19. The summed E-state index contributed by atoms with van der Waals surface area (Å²) >= 11 is 0. The van der Waals surface area contributed by atoms with Gasteiger partial charge < -0.3 is 11.1 Å². The number of carbonyl (C=O) groups is 2. The highest BCUT2D eigenvalue weighted by Crippen LogP contribution is 2.16. The van der Waals surface area contributed by atoms with Crippen molar-refractivity contribution in [1.29, 1.82) is 0 Å². The Bertz CT molecular complexity index is 432. The Balaban J connectivity index is 3.03. The highest BCUT2D eigenvalue weighted by molar-refractivity contribution is 5.92. The van der Waals surface area contributed by atoms with Crippen molar-refractivity contribution in [3.05, 3.63) is 48.3 Å². The molecule has 4 nitrogen and oxygen atoms in total. The summed E-state index contributed by atoms with van der Waals surface area (Å²) in [4.78, 5) is 22.2. The van der Waals surface area contributed by atoms with E-state index in [2.05, 4.69) is 11.9 Å². The van der Waals surface area contributed by atoms with Crippen molar-refractivity contribution in [3.8, 4) is 0 Å². The maximum absolute atomic E-state index is 13.4. The van der Waals surface area contributed by atoms with Crippen LogP contribution >= 0.6 is 0 Å². The van der Waals surface area contributed by atoms with Crippen molar-refractivity contribution >= 4 is 11.8 Å². The lowest BCUT2D eigenvalue weighted by molar-refractivity contribution is -0.125. The Morgan fingerprint density at radius 3 is 2.56 bits per heavy atom. The minimum absolute atomic E-state index is 0.0326. The normalized spacial score (nSPS) is 11.6. The lowest BCUT2D eigenvalue weighted by atomic mass is 10.1. The molecular weight excluding hydrogens is 211 g/mol. The molecule has 1 atom stereocenters. The van der Waals surface area contributed by atoms with Gasteiger partial charge in [0.05, 0.1) is 0 Å². The molecule has 0 bridgehead atoms. The molecule has 84 valence electrons. The minimum Gasteiger partial charge on any atom is -0.368 e. The largest absolute Gasteiger partial charge is 0.368 e. The van der Waals surface area contributed by atoms with E-state index in [4.69, 9.17) is 5.73 Å². The molecule has 0 aliphatic rings. The lowest BCUT2D eigenvalue weighted by Gasteiger charge is -2.15. The number of nitrogens with two attached hydrogens (primary N) is 1. The number of amides is 2. The molecule has 0 spiro atoms. The van der Waals surface area contributed by atoms with Gasteiger partial charge in [-0.3, -0.25) is 9.59 Å². The van der Waals surface area contributed by atoms with E-state index in [0.29, 0.717) is 0 Å². The van der Waals surface area contributed by atoms with Crippen LogP contribution in [-0.2, 0) is 9.59 Å². The van der Waals surface area contributed by atoms with Gasteiger partial charge in [0, 0.05) is 5.56 Å². The third kappa shape index (κ3) is 2.66. The highest BCUT2D eigenvalue weighted by Gasteiger charge is 2.21. The fourth-order valence-corrected chi connectivity index (χ4v) is 1.21. The molecule has 3 N–H and O–H groups in total. The maximum Gasteiger partial charge on any atom is 0.244 e. The molecule has 1 rings (SSSR count). The zero-order valence-electron chi connectivity index (χ0n) is 8.44. The molecule has 1 unspecified atom stereocenters. The smallest absolute Gasteiger partial charge is 0.244 e. The molecule has 0 aliphatic heterocycles. The van der Waals surface area contributed by atoms with E-state index in [9.17, 15) is 14.0 Å². The average Bonchev–Trinajstić information content (AvgIpc) is 2.26. The average molecular weight is 222 g/mol. The molecule has 2 amide bonds. The van der Waals surface area contributed by atoms with Gasteiger partial charge in [-0.15, -0.1) is 0 Å². The van der Waals surface area contributed by atoms with E-state index >= 15 is 0 Å². The zero-order valence-corrected chi connectivity index (χ0v) is 8.44. The number of halogens is 1. The monoisotopic (exact) mass is 222 g/mol. The van der Waals surface area contributed by atoms with Crippen LogP contribution in [0.1, 0.15) is 11.6 Å². The maximum atomic E-state index is 13.4. The van der Waals surface area contributed by atoms with Crippen molar-refractivity contribution in [3.63, 3.8) is 0 Å². The molecule has 0 heterocycles. The zero-order chi connectivity index (χ0) is 12.1. The summed E-state index contributed by atoms with van der Waals surface area (Å²) in [6.45, 7) is 3.23. The third-order valence-electron chi connectivity index (χ3n) is 1.97. The summed E-state index contributed by atoms with van der Waals surface area (Å²) in [5, 5.41) is 2.25. The Morgan fingerprint density at radius 2 is 2.06 bits per heavy atom. The van der Waals surface area contributed by atoms with Crippen LogP contribution in [0.15, 0.2) is 36.9 Å². The number of hydrogen-bond acceptors (Lipinski definition) is 2. The quantitative estimate of drug-likeness (QED) is 0.734. The summed E-state index contributed by atoms with van der Waals surface area (Å²) < 4.78 is 13.4. The van der Waals surface area contributed by atoms with Crippen LogP contribution in [0.3, 0.4) is 0 Å². The summed E-state index contributed by atoms with van der Waals surface area (Å²) in [5.74, 6) is -2.02. The fourth-order valence-electron chi connectivity index (χ4n) is 1.21. The molecule has 0 aliphatic carbocycles. The van der Waals surface area contributed by atoms with Crippen LogP contribution in [0.25, 0.3) is 0 Å². The first kappa shape index (κ1) is 11.9. The molecule has 5 heteroatoms. The summed E-state index contributed by atoms with van der Waals surface area (Å²) in [5.41, 5.74) is 5.12. The molecular formula is C11H11FN2O2. The van der Waals surface area contributed by atoms with Crippen molar-refractivity contribution in [1.82, 2.24) is 5.32 Å². The van der Waals surface area contributed by atoms with Crippen molar-refractivity contribution < 1.29 is 14.0 Å². The predicted molar refractivity (Wildman–Crippen MR) is 56.7 cm³/mol. The van der Waals surface area contributed by atoms with Gasteiger partial charge in [0.1, 0.15) is 11.9 Å². The third-order valence-corrected chi connectivity index (χ3v) is 1.97. The topological polar surface area (TPSA) is 72.2 Å². The first-order valence-electron chi connectivity index (χ1n) is 4.53. The van der Waals surface area contributed by atoms with Crippen molar-refractivity contribution in [2.75, 3.05) is 0 Å². The molecule has 0 saturated carbocycles. The van der Waals surface area contributed by atoms with Crippen LogP contribution in [0.2, 0.25) is 0 Å². The Hall–Kier alpha value is -2.17. The van der Waals surface area contributed by atoms with Gasteiger partial charge in [-0.2, -0.15) is 0 Å². The second kappa shape index (κ2) is 5.06. The van der Waals surface area contributed by atoms with E-state index in [1.807, 2.05) is 0 Å². The van der Waals surface area contributed by atoms with E-state index in [0.717, 1.165) is 6.08 Å². The van der Waals surface area contributed by atoms with Crippen LogP contribution in [0.4, 0.5) is 4.39 Å². The summed E-state index contributed by atoms with van der Waals surface area (Å²) in [6, 6.07) is 4.41. The highest BCUT2D eigenvalue weighted by atomic mass is 19.1. The SMILES string of the molecule is C=CC(=O)NC(C(N)=O)c1ccccc1F. The van der Waals surface area contributed by atoms with E-state index in [1.54, 1.807) is 6.07 Å². The first-order valence-corrected chi connectivity index (χ1v) is 4.53. The van der Waals surface area contributed by atoms with Crippen LogP contribution in [0, 0.1) is 5.82 Å². The van der Waals surface area contributed by atoms with E-state index < -0.39 is 23.7 Å². The van der Waals surface area contributed by atoms with Crippen molar-refractivity contribution in [2.45, 2.75) is 6.04 Å². The summed E-state index contributed by atoms with van der Waals surface area (Å²) in [6.07, 6.45) is 0.983. The first-order chi connectivity index (χ1) is 7.56. The summed E-state index contributed by atoms with van der Waals surface area (Å²) in [7, 11) is 0. The Kier molecular flexibility index (Phi) is 3.77. The fraction of sp³-hybridized carbons (Fsp3) is 0.0909. The second-order valence-corrected chi connectivity index (χ2v) is 3.07. The van der Waals surface area contributed by atoms with Gasteiger partial charge in [0.25, 0.3) is 0 Å². The van der Waals surface area contributed by atoms with Crippen LogP contribution in [-0.4, -0.2) is 11.8 Å². The van der Waals surface area contributed by atoms with Gasteiger partial charge in [-0.25, -0.2) is 4.39 Å². The Morgan fingerprint density at radius 1 is 1.44 bits per heavy atom. The number of nitrogens with one attached hydrogen (secondary N) is 1. The number of primary amides is 1. The number of rotatable bonds is 4. The van der Waals surface area contributed by atoms with E-state index in [-0.39, 0.29) is 5.56 Å². The number of benzene rings is 1. The van der Waals surface area contributed by atoms with Gasteiger partial charge in [-0.1, -0.05) is 24.8 Å². The molecule has 0 fully saturated rings. The molecule has 1 aromatic carbocycles. The second-order valence-electron chi connectivity index (χ2n) is 3.07. The van der Waals surface area contributed by atoms with Gasteiger partial charge in [0.2, 0.25) is 11.8 Å². The van der Waals surface area contributed by atoms with Gasteiger partial charge >= 0.3 is 0 Å².